The van der Waals surface area contributed by atoms with Gasteiger partial charge in [0.2, 0.25) is 0 Å². The number of hydrogen-bond acceptors (Lipinski definition) is 2. The van der Waals surface area contributed by atoms with Crippen LogP contribution in [0.3, 0.4) is 0 Å². The lowest BCUT2D eigenvalue weighted by molar-refractivity contribution is 0.0970. The third kappa shape index (κ3) is 3.42. The van der Waals surface area contributed by atoms with E-state index in [-0.39, 0.29) is 17.9 Å². The molecule has 0 amide bonds. The van der Waals surface area contributed by atoms with Gasteiger partial charge in [-0.25, -0.2) is 0 Å². The molecule has 0 aliphatic carbocycles. The number of carbonyl (C=O) groups is 1. The van der Waals surface area contributed by atoms with Gasteiger partial charge in [0.15, 0.2) is 5.78 Å². The molecule has 0 spiro atoms. The summed E-state index contributed by atoms with van der Waals surface area (Å²) in [5.74, 6) is -0.0906. The van der Waals surface area contributed by atoms with Crippen LogP contribution in [0, 0.1) is 6.92 Å². The lowest BCUT2D eigenvalue weighted by Crippen LogP contribution is -2.25. The molecular weight excluding hydrogens is 374 g/mol. The molecular formula is C14H11Br2NO2. The van der Waals surface area contributed by atoms with Gasteiger partial charge >= 0.3 is 0 Å². The highest BCUT2D eigenvalue weighted by Crippen LogP contribution is 2.12. The number of nitrogens with zero attached hydrogens (tertiary/aromatic N) is 1. The first-order chi connectivity index (χ1) is 8.97. The van der Waals surface area contributed by atoms with Crippen LogP contribution in [0.4, 0.5) is 0 Å². The van der Waals surface area contributed by atoms with Crippen LogP contribution in [0.15, 0.2) is 50.3 Å². The summed E-state index contributed by atoms with van der Waals surface area (Å²) in [6, 6.07) is 8.83. The number of pyridine rings is 1. The van der Waals surface area contributed by atoms with Crippen LogP contribution < -0.4 is 5.56 Å². The van der Waals surface area contributed by atoms with Crippen LogP contribution in [0.25, 0.3) is 0 Å². The van der Waals surface area contributed by atoms with Crippen LogP contribution >= 0.6 is 31.9 Å². The molecule has 3 nitrogen and oxygen atoms in total. The molecule has 1 aromatic carbocycles. The molecule has 0 bridgehead atoms. The van der Waals surface area contributed by atoms with Crippen molar-refractivity contribution >= 4 is 37.6 Å². The minimum atomic E-state index is -0.145. The van der Waals surface area contributed by atoms with E-state index in [0.717, 1.165) is 8.95 Å². The summed E-state index contributed by atoms with van der Waals surface area (Å²) < 4.78 is 3.12. The number of carbonyl (C=O) groups excluding carboxylic acids is 1. The SMILES string of the molecule is Cc1cc(Br)cn(CC(=O)c2ccc(Br)cc2)c1=O. The van der Waals surface area contributed by atoms with Gasteiger partial charge in [-0.15, -0.1) is 0 Å². The van der Waals surface area contributed by atoms with Gasteiger partial charge in [0.05, 0.1) is 6.54 Å². The smallest absolute Gasteiger partial charge is 0.253 e. The zero-order valence-corrected chi connectivity index (χ0v) is 13.4. The van der Waals surface area contributed by atoms with Crippen LogP contribution in [0.5, 0.6) is 0 Å². The molecule has 0 aliphatic rings. The maximum Gasteiger partial charge on any atom is 0.253 e. The number of aromatic nitrogens is 1. The number of aryl methyl sites for hydroxylation is 1. The summed E-state index contributed by atoms with van der Waals surface area (Å²) in [6.07, 6.45) is 1.63. The molecule has 1 heterocycles. The van der Waals surface area contributed by atoms with Crippen molar-refractivity contribution in [3.8, 4) is 0 Å². The lowest BCUT2D eigenvalue weighted by Gasteiger charge is -2.07. The number of rotatable bonds is 3. The Kier molecular flexibility index (Phi) is 4.37. The predicted molar refractivity (Wildman–Crippen MR) is 81.6 cm³/mol. The van der Waals surface area contributed by atoms with Crippen LogP contribution in [-0.4, -0.2) is 10.4 Å². The molecule has 0 aliphatic heterocycles. The molecule has 19 heavy (non-hydrogen) atoms. The van der Waals surface area contributed by atoms with Gasteiger partial charge in [0.25, 0.3) is 5.56 Å². The second-order valence-corrected chi connectivity index (χ2v) is 6.04. The van der Waals surface area contributed by atoms with E-state index in [1.54, 1.807) is 31.3 Å². The maximum absolute atomic E-state index is 12.1. The molecule has 0 atom stereocenters. The Balaban J connectivity index is 2.29. The third-order valence-corrected chi connectivity index (χ3v) is 3.67. The Hall–Kier alpha value is -1.20. The van der Waals surface area contributed by atoms with E-state index in [0.29, 0.717) is 11.1 Å². The monoisotopic (exact) mass is 383 g/mol. The third-order valence-electron chi connectivity index (χ3n) is 2.71. The van der Waals surface area contributed by atoms with Crippen molar-refractivity contribution in [2.75, 3.05) is 0 Å². The molecule has 0 N–H and O–H groups in total. The summed E-state index contributed by atoms with van der Waals surface area (Å²) in [5.41, 5.74) is 1.05. The highest BCUT2D eigenvalue weighted by molar-refractivity contribution is 9.10. The average molecular weight is 385 g/mol. The van der Waals surface area contributed by atoms with E-state index in [1.807, 2.05) is 12.1 Å². The Labute approximate surface area is 127 Å². The van der Waals surface area contributed by atoms with E-state index in [2.05, 4.69) is 31.9 Å². The van der Waals surface area contributed by atoms with Crippen molar-refractivity contribution in [2.24, 2.45) is 0 Å². The van der Waals surface area contributed by atoms with Crippen LogP contribution in [0.1, 0.15) is 15.9 Å². The van der Waals surface area contributed by atoms with E-state index >= 15 is 0 Å². The topological polar surface area (TPSA) is 39.1 Å². The molecule has 0 saturated carbocycles. The molecule has 5 heteroatoms. The van der Waals surface area contributed by atoms with Crippen molar-refractivity contribution in [1.82, 2.24) is 4.57 Å². The molecule has 2 rings (SSSR count). The van der Waals surface area contributed by atoms with Gasteiger partial charge in [-0.3, -0.25) is 9.59 Å². The fraction of sp³-hybridized carbons (Fsp3) is 0.143. The second kappa shape index (κ2) is 5.84. The van der Waals surface area contributed by atoms with Gasteiger partial charge < -0.3 is 4.57 Å². The van der Waals surface area contributed by atoms with Crippen LogP contribution in [-0.2, 0) is 6.54 Å². The first kappa shape index (κ1) is 14.2. The fourth-order valence-electron chi connectivity index (χ4n) is 1.74. The highest BCUT2D eigenvalue weighted by atomic mass is 79.9. The molecule has 98 valence electrons. The minimum absolute atomic E-state index is 0.0424. The second-order valence-electron chi connectivity index (χ2n) is 4.20. The zero-order valence-electron chi connectivity index (χ0n) is 10.2. The predicted octanol–water partition coefficient (Wildman–Crippen LogP) is 3.56. The van der Waals surface area contributed by atoms with Gasteiger partial charge in [0.1, 0.15) is 0 Å². The standard InChI is InChI=1S/C14H11Br2NO2/c1-9-6-12(16)7-17(14(9)19)8-13(18)10-2-4-11(15)5-3-10/h2-7H,8H2,1H3. The molecule has 0 saturated heterocycles. The quantitative estimate of drug-likeness (QED) is 0.759. The molecule has 0 fully saturated rings. The van der Waals surface area contributed by atoms with Crippen molar-refractivity contribution in [3.05, 3.63) is 67.0 Å². The maximum atomic E-state index is 12.1. The van der Waals surface area contributed by atoms with E-state index in [9.17, 15) is 9.59 Å². The normalized spacial score (nSPS) is 10.5. The van der Waals surface area contributed by atoms with Crippen LogP contribution in [0.2, 0.25) is 0 Å². The molecule has 0 radical (unpaired) electrons. The van der Waals surface area contributed by atoms with Gasteiger partial charge in [-0.05, 0) is 41.1 Å². The number of Topliss-reactive ketones (excluding diaryl/α,β-unsaturated/α-hetero) is 1. The summed E-state index contributed by atoms with van der Waals surface area (Å²) >= 11 is 6.64. The van der Waals surface area contributed by atoms with E-state index in [4.69, 9.17) is 0 Å². The van der Waals surface area contributed by atoms with E-state index in [1.165, 1.54) is 4.57 Å². The molecule has 0 unspecified atom stereocenters. The number of hydrogen-bond donors (Lipinski definition) is 0. The first-order valence-electron chi connectivity index (χ1n) is 5.63. The Morgan fingerprint density at radius 3 is 2.42 bits per heavy atom. The highest BCUT2D eigenvalue weighted by Gasteiger charge is 2.09. The van der Waals surface area contributed by atoms with Gasteiger partial charge in [0, 0.05) is 26.3 Å². The Morgan fingerprint density at radius 1 is 1.16 bits per heavy atom. The largest absolute Gasteiger partial charge is 0.306 e. The average Bonchev–Trinajstić information content (AvgIpc) is 2.36. The molecule has 1 aromatic heterocycles. The summed E-state index contributed by atoms with van der Waals surface area (Å²) in [6.45, 7) is 1.77. The number of ketones is 1. The first-order valence-corrected chi connectivity index (χ1v) is 7.21. The van der Waals surface area contributed by atoms with Crippen molar-refractivity contribution in [1.29, 1.82) is 0 Å². The Bertz CT molecular complexity index is 675. The summed E-state index contributed by atoms with van der Waals surface area (Å²) in [5, 5.41) is 0. The minimum Gasteiger partial charge on any atom is -0.306 e. The number of benzene rings is 1. The number of halogens is 2. The van der Waals surface area contributed by atoms with E-state index < -0.39 is 0 Å². The zero-order chi connectivity index (χ0) is 14.0. The van der Waals surface area contributed by atoms with Crippen molar-refractivity contribution in [2.45, 2.75) is 13.5 Å². The molecule has 2 aromatic rings. The fourth-order valence-corrected chi connectivity index (χ4v) is 2.59. The van der Waals surface area contributed by atoms with Crippen molar-refractivity contribution < 1.29 is 4.79 Å². The van der Waals surface area contributed by atoms with Crippen molar-refractivity contribution in [3.63, 3.8) is 0 Å². The summed E-state index contributed by atoms with van der Waals surface area (Å²) in [7, 11) is 0. The van der Waals surface area contributed by atoms with Gasteiger partial charge in [-0.2, -0.15) is 0 Å². The lowest BCUT2D eigenvalue weighted by atomic mass is 10.1. The van der Waals surface area contributed by atoms with Gasteiger partial charge in [-0.1, -0.05) is 28.1 Å². The summed E-state index contributed by atoms with van der Waals surface area (Å²) in [4.78, 5) is 24.0. The Morgan fingerprint density at radius 2 is 1.79 bits per heavy atom.